The molecule has 2 aliphatic heterocycles. The van der Waals surface area contributed by atoms with Gasteiger partial charge in [-0.3, -0.25) is 24.0 Å². The van der Waals surface area contributed by atoms with E-state index in [2.05, 4.69) is 25.7 Å². The SMILES string of the molecule is CCCCCCCCC1CCCCCC(CCC)CCCCC(CCCCCC)COC(=O)CCCCCC(=O)OCCCN(C(=O)CCN2CCCC2)CCCOC(=O)CCCCCC(=O)OC1. The van der Waals surface area contributed by atoms with Crippen LogP contribution in [0.15, 0.2) is 0 Å². The number of carbonyl (C=O) groups is 5. The molecule has 1 amide bonds. The molecule has 0 radical (unpaired) electrons. The number of unbranched alkanes of at least 4 members (excludes halogenated alkanes) is 8. The van der Waals surface area contributed by atoms with Gasteiger partial charge >= 0.3 is 23.9 Å². The lowest BCUT2D eigenvalue weighted by atomic mass is 9.88. The maximum absolute atomic E-state index is 13.3. The fourth-order valence-corrected chi connectivity index (χ4v) is 10.2. The van der Waals surface area contributed by atoms with Gasteiger partial charge in [-0.2, -0.15) is 0 Å². The standard InChI is InChI=1S/C58H106N2O9/c1-4-7-9-11-12-17-34-52-35-19-13-18-31-51(30-6-3)32-24-25-36-53(33-16-10-8-5-2)50-69-58(65)40-23-15-21-38-56(63)67-48-29-45-60(54(61)41-46-59-42-26-27-43-59)44-28-47-66-55(62)37-20-14-22-39-57(64)68-49-52/h51-53H,4-50H2,1-3H3. The highest BCUT2D eigenvalue weighted by Gasteiger charge is 2.19. The van der Waals surface area contributed by atoms with Gasteiger partial charge in [0.05, 0.1) is 26.4 Å². The van der Waals surface area contributed by atoms with E-state index in [9.17, 15) is 24.0 Å². The van der Waals surface area contributed by atoms with Crippen molar-refractivity contribution in [3.05, 3.63) is 0 Å². The smallest absolute Gasteiger partial charge is 0.305 e. The number of likely N-dealkylation sites (tertiary alicyclic amines) is 1. The van der Waals surface area contributed by atoms with E-state index >= 15 is 0 Å². The number of carbonyl (C=O) groups excluding carboxylic acids is 5. The Balaban J connectivity index is 1.98. The molecule has 3 unspecified atom stereocenters. The number of amides is 1. The van der Waals surface area contributed by atoms with E-state index in [1.165, 1.54) is 135 Å². The Morgan fingerprint density at radius 1 is 0.420 bits per heavy atom. The van der Waals surface area contributed by atoms with Crippen molar-refractivity contribution in [2.75, 3.05) is 59.2 Å². The Morgan fingerprint density at radius 2 is 0.826 bits per heavy atom. The van der Waals surface area contributed by atoms with Crippen LogP contribution in [0.5, 0.6) is 0 Å². The van der Waals surface area contributed by atoms with Crippen LogP contribution in [0.3, 0.4) is 0 Å². The summed E-state index contributed by atoms with van der Waals surface area (Å²) in [6.45, 7) is 12.1. The highest BCUT2D eigenvalue weighted by molar-refractivity contribution is 5.76. The number of hydrogen-bond donors (Lipinski definition) is 0. The first-order valence-corrected chi connectivity index (χ1v) is 29.4. The zero-order valence-electron chi connectivity index (χ0n) is 45.0. The van der Waals surface area contributed by atoms with E-state index in [-0.39, 0.29) is 43.0 Å². The van der Waals surface area contributed by atoms with Crippen LogP contribution in [0.4, 0.5) is 0 Å². The average Bonchev–Trinajstić information content (AvgIpc) is 3.87. The summed E-state index contributed by atoms with van der Waals surface area (Å²) in [5.74, 6) is 0.935. The molecule has 3 atom stereocenters. The van der Waals surface area contributed by atoms with Gasteiger partial charge < -0.3 is 28.7 Å². The molecule has 2 rings (SSSR count). The lowest BCUT2D eigenvalue weighted by Crippen LogP contribution is -2.36. The number of rotatable bonds is 17. The Morgan fingerprint density at radius 3 is 1.30 bits per heavy atom. The van der Waals surface area contributed by atoms with Crippen molar-refractivity contribution in [1.82, 2.24) is 9.80 Å². The molecule has 402 valence electrons. The van der Waals surface area contributed by atoms with Crippen molar-refractivity contribution in [3.63, 3.8) is 0 Å². The zero-order chi connectivity index (χ0) is 49.8. The maximum Gasteiger partial charge on any atom is 0.305 e. The molecular formula is C58H106N2O9. The van der Waals surface area contributed by atoms with Crippen molar-refractivity contribution in [3.8, 4) is 0 Å². The lowest BCUT2D eigenvalue weighted by molar-refractivity contribution is -0.146. The molecule has 11 nitrogen and oxygen atoms in total. The second-order valence-electron chi connectivity index (χ2n) is 21.0. The Bertz CT molecular complexity index is 1290. The molecule has 2 heterocycles. The maximum atomic E-state index is 13.3. The van der Waals surface area contributed by atoms with Crippen LogP contribution in [-0.2, 0) is 42.9 Å². The average molecular weight is 975 g/mol. The monoisotopic (exact) mass is 975 g/mol. The third-order valence-corrected chi connectivity index (χ3v) is 14.7. The van der Waals surface area contributed by atoms with Crippen LogP contribution >= 0.6 is 0 Å². The van der Waals surface area contributed by atoms with E-state index in [0.29, 0.717) is 109 Å². The summed E-state index contributed by atoms with van der Waals surface area (Å²) in [6.07, 6.45) is 37.8. The fourth-order valence-electron chi connectivity index (χ4n) is 10.2. The van der Waals surface area contributed by atoms with E-state index in [1.807, 2.05) is 4.90 Å². The van der Waals surface area contributed by atoms with Crippen LogP contribution in [0, 0.1) is 17.8 Å². The minimum absolute atomic E-state index is 0.0726. The van der Waals surface area contributed by atoms with Crippen LogP contribution < -0.4 is 0 Å². The normalized spacial score (nSPS) is 23.1. The molecule has 0 aromatic carbocycles. The van der Waals surface area contributed by atoms with Gasteiger partial charge in [0.1, 0.15) is 0 Å². The summed E-state index contributed by atoms with van der Waals surface area (Å²) < 4.78 is 22.8. The molecule has 2 aliphatic rings. The number of cyclic esters (lactones) is 4. The summed E-state index contributed by atoms with van der Waals surface area (Å²) in [5.41, 5.74) is 0. The van der Waals surface area contributed by atoms with Crippen LogP contribution in [0.2, 0.25) is 0 Å². The minimum Gasteiger partial charge on any atom is -0.466 e. The molecule has 2 saturated heterocycles. The molecule has 0 spiro atoms. The number of ether oxygens (including phenoxy) is 4. The summed E-state index contributed by atoms with van der Waals surface area (Å²) in [6, 6.07) is 0. The fraction of sp³-hybridized carbons (Fsp3) is 0.914. The second kappa shape index (κ2) is 44.0. The van der Waals surface area contributed by atoms with Crippen LogP contribution in [0.1, 0.15) is 265 Å². The Hall–Kier alpha value is -2.69. The van der Waals surface area contributed by atoms with Crippen molar-refractivity contribution < 1.29 is 42.9 Å². The summed E-state index contributed by atoms with van der Waals surface area (Å²) >= 11 is 0. The van der Waals surface area contributed by atoms with Crippen molar-refractivity contribution in [2.24, 2.45) is 17.8 Å². The largest absolute Gasteiger partial charge is 0.466 e. The molecule has 0 bridgehead atoms. The first kappa shape index (κ1) is 62.4. The van der Waals surface area contributed by atoms with Gasteiger partial charge in [-0.05, 0) is 108 Å². The summed E-state index contributed by atoms with van der Waals surface area (Å²) in [7, 11) is 0. The Kier molecular flexibility index (Phi) is 39.9. The van der Waals surface area contributed by atoms with Crippen LogP contribution in [0.25, 0.3) is 0 Å². The number of esters is 4. The molecule has 2 fully saturated rings. The van der Waals surface area contributed by atoms with Crippen molar-refractivity contribution in [2.45, 2.75) is 265 Å². The van der Waals surface area contributed by atoms with E-state index < -0.39 is 0 Å². The molecular weight excluding hydrogens is 869 g/mol. The van der Waals surface area contributed by atoms with Gasteiger partial charge in [0.2, 0.25) is 5.91 Å². The molecule has 0 N–H and O–H groups in total. The second-order valence-corrected chi connectivity index (χ2v) is 21.0. The van der Waals surface area contributed by atoms with Gasteiger partial charge in [0.15, 0.2) is 0 Å². The third-order valence-electron chi connectivity index (χ3n) is 14.7. The lowest BCUT2D eigenvalue weighted by Gasteiger charge is -2.24. The van der Waals surface area contributed by atoms with Gasteiger partial charge in [0, 0.05) is 51.7 Å². The van der Waals surface area contributed by atoms with Crippen LogP contribution in [-0.4, -0.2) is 98.7 Å². The summed E-state index contributed by atoms with van der Waals surface area (Å²) in [4.78, 5) is 68.2. The van der Waals surface area contributed by atoms with E-state index in [4.69, 9.17) is 18.9 Å². The van der Waals surface area contributed by atoms with E-state index in [0.717, 1.165) is 64.1 Å². The molecule has 0 saturated carbocycles. The number of nitrogens with zero attached hydrogens (tertiary/aromatic N) is 2. The first-order valence-electron chi connectivity index (χ1n) is 29.4. The predicted molar refractivity (Wildman–Crippen MR) is 280 cm³/mol. The molecule has 0 aromatic rings. The minimum atomic E-state index is -0.250. The Labute approximate surface area is 422 Å². The quantitative estimate of drug-likeness (QED) is 0.0789. The van der Waals surface area contributed by atoms with Gasteiger partial charge in [-0.25, -0.2) is 0 Å². The van der Waals surface area contributed by atoms with Crippen molar-refractivity contribution in [1.29, 1.82) is 0 Å². The molecule has 69 heavy (non-hydrogen) atoms. The highest BCUT2D eigenvalue weighted by Crippen LogP contribution is 2.26. The van der Waals surface area contributed by atoms with E-state index in [1.54, 1.807) is 0 Å². The van der Waals surface area contributed by atoms with Gasteiger partial charge in [-0.15, -0.1) is 0 Å². The zero-order valence-corrected chi connectivity index (χ0v) is 45.0. The van der Waals surface area contributed by atoms with Gasteiger partial charge in [-0.1, -0.05) is 156 Å². The van der Waals surface area contributed by atoms with Crippen molar-refractivity contribution >= 4 is 29.8 Å². The summed E-state index contributed by atoms with van der Waals surface area (Å²) in [5, 5.41) is 0. The third kappa shape index (κ3) is 36.0. The molecule has 0 aromatic heterocycles. The highest BCUT2D eigenvalue weighted by atomic mass is 16.5. The molecule has 0 aliphatic carbocycles. The topological polar surface area (TPSA) is 129 Å². The molecule has 11 heteroatoms. The number of hydrogen-bond acceptors (Lipinski definition) is 10. The predicted octanol–water partition coefficient (Wildman–Crippen LogP) is 14.0. The first-order chi connectivity index (χ1) is 33.7. The van der Waals surface area contributed by atoms with Gasteiger partial charge in [0.25, 0.3) is 0 Å².